The number of aliphatic imine (C=N–C) groups is 1. The van der Waals surface area contributed by atoms with Crippen molar-refractivity contribution in [1.82, 2.24) is 9.97 Å². The van der Waals surface area contributed by atoms with Crippen LogP contribution in [0.25, 0.3) is 16.8 Å². The minimum absolute atomic E-state index is 0.277. The first-order valence-electron chi connectivity index (χ1n) is 11.0. The summed E-state index contributed by atoms with van der Waals surface area (Å²) in [5.74, 6) is 1.50. The summed E-state index contributed by atoms with van der Waals surface area (Å²) in [5, 5.41) is 0. The average molecular weight is 463 g/mol. The molecule has 2 aromatic heterocycles. The molecule has 4 aromatic rings. The second-order valence-electron chi connectivity index (χ2n) is 7.68. The standard InChI is InChI=1S/C29H26N4O2/c1-21(35-20-22-9-4-3-5-10-22)15-28(33-29(30)27-13-6-7-14-32-27)25-16-24(18-31-19-25)23-11-8-12-26(17-23)34-2/h3-19H,1,20H2,2H3,(H2,30,33)/b28-15-. The van der Waals surface area contributed by atoms with Gasteiger partial charge in [0.15, 0.2) is 0 Å². The van der Waals surface area contributed by atoms with Crippen molar-refractivity contribution in [3.05, 3.63) is 133 Å². The first-order valence-corrected chi connectivity index (χ1v) is 11.0. The lowest BCUT2D eigenvalue weighted by Gasteiger charge is -2.10. The maximum Gasteiger partial charge on any atom is 0.150 e. The van der Waals surface area contributed by atoms with Crippen LogP contribution >= 0.6 is 0 Å². The minimum Gasteiger partial charge on any atom is -0.497 e. The lowest BCUT2D eigenvalue weighted by atomic mass is 10.0. The number of allylic oxidation sites excluding steroid dienone is 1. The van der Waals surface area contributed by atoms with Crippen molar-refractivity contribution in [3.63, 3.8) is 0 Å². The van der Waals surface area contributed by atoms with Gasteiger partial charge >= 0.3 is 0 Å². The molecule has 0 bridgehead atoms. The van der Waals surface area contributed by atoms with Gasteiger partial charge in [-0.15, -0.1) is 0 Å². The summed E-state index contributed by atoms with van der Waals surface area (Å²) in [4.78, 5) is 13.4. The van der Waals surface area contributed by atoms with Gasteiger partial charge in [0.05, 0.1) is 12.8 Å². The quantitative estimate of drug-likeness (QED) is 0.151. The highest BCUT2D eigenvalue weighted by molar-refractivity contribution is 5.99. The van der Waals surface area contributed by atoms with E-state index in [0.717, 1.165) is 28.0 Å². The zero-order valence-corrected chi connectivity index (χ0v) is 19.5. The molecule has 0 amide bonds. The third-order valence-electron chi connectivity index (χ3n) is 5.17. The van der Waals surface area contributed by atoms with Crippen LogP contribution in [0.1, 0.15) is 16.8 Å². The Morgan fingerprint density at radius 3 is 2.57 bits per heavy atom. The number of rotatable bonds is 9. The molecule has 0 spiro atoms. The fourth-order valence-electron chi connectivity index (χ4n) is 3.37. The van der Waals surface area contributed by atoms with E-state index in [-0.39, 0.29) is 5.84 Å². The molecule has 0 saturated carbocycles. The highest BCUT2D eigenvalue weighted by Crippen LogP contribution is 2.27. The van der Waals surface area contributed by atoms with Gasteiger partial charge in [0.25, 0.3) is 0 Å². The van der Waals surface area contributed by atoms with Gasteiger partial charge in [0.2, 0.25) is 0 Å². The van der Waals surface area contributed by atoms with Crippen LogP contribution in [-0.4, -0.2) is 22.9 Å². The van der Waals surface area contributed by atoms with Crippen LogP contribution in [0.5, 0.6) is 5.75 Å². The third kappa shape index (κ3) is 6.42. The summed E-state index contributed by atoms with van der Waals surface area (Å²) in [7, 11) is 1.64. The maximum absolute atomic E-state index is 6.30. The number of nitrogens with zero attached hydrogens (tertiary/aromatic N) is 3. The lowest BCUT2D eigenvalue weighted by Crippen LogP contribution is -2.15. The van der Waals surface area contributed by atoms with Crippen LogP contribution in [0.3, 0.4) is 0 Å². The van der Waals surface area contributed by atoms with Gasteiger partial charge in [-0.1, -0.05) is 55.1 Å². The fraction of sp³-hybridized carbons (Fsp3) is 0.0690. The number of nitrogens with two attached hydrogens (primary N) is 1. The Morgan fingerprint density at radius 1 is 0.971 bits per heavy atom. The molecule has 0 atom stereocenters. The zero-order chi connectivity index (χ0) is 24.5. The monoisotopic (exact) mass is 462 g/mol. The van der Waals surface area contributed by atoms with Crippen molar-refractivity contribution in [1.29, 1.82) is 0 Å². The summed E-state index contributed by atoms with van der Waals surface area (Å²) >= 11 is 0. The lowest BCUT2D eigenvalue weighted by molar-refractivity contribution is 0.213. The number of hydrogen-bond acceptors (Lipinski definition) is 5. The molecule has 35 heavy (non-hydrogen) atoms. The van der Waals surface area contributed by atoms with E-state index in [4.69, 9.17) is 15.2 Å². The summed E-state index contributed by atoms with van der Waals surface area (Å²) < 4.78 is 11.2. The van der Waals surface area contributed by atoms with Gasteiger partial charge in [-0.2, -0.15) is 0 Å². The maximum atomic E-state index is 6.30. The molecule has 6 nitrogen and oxygen atoms in total. The zero-order valence-electron chi connectivity index (χ0n) is 19.5. The average Bonchev–Trinajstić information content (AvgIpc) is 2.92. The number of ether oxygens (including phenoxy) is 2. The second kappa shape index (κ2) is 11.4. The van der Waals surface area contributed by atoms with Gasteiger partial charge < -0.3 is 15.2 Å². The Labute approximate surface area is 205 Å². The topological polar surface area (TPSA) is 82.6 Å². The van der Waals surface area contributed by atoms with E-state index in [1.165, 1.54) is 0 Å². The van der Waals surface area contributed by atoms with Gasteiger partial charge in [-0.25, -0.2) is 4.99 Å². The molecule has 6 heteroatoms. The molecule has 4 rings (SSSR count). The van der Waals surface area contributed by atoms with Crippen molar-refractivity contribution in [2.24, 2.45) is 10.7 Å². The Bertz CT molecular complexity index is 1350. The molecule has 2 heterocycles. The van der Waals surface area contributed by atoms with E-state index in [0.29, 0.717) is 23.8 Å². The molecule has 0 saturated heterocycles. The largest absolute Gasteiger partial charge is 0.497 e. The summed E-state index contributed by atoms with van der Waals surface area (Å²) in [5.41, 5.74) is 11.1. The summed E-state index contributed by atoms with van der Waals surface area (Å²) in [6.45, 7) is 4.45. The van der Waals surface area contributed by atoms with Gasteiger partial charge in [0.1, 0.15) is 29.6 Å². The number of hydrogen-bond donors (Lipinski definition) is 1. The van der Waals surface area contributed by atoms with E-state index in [1.807, 2.05) is 78.9 Å². The van der Waals surface area contributed by atoms with Crippen molar-refractivity contribution >= 4 is 11.5 Å². The van der Waals surface area contributed by atoms with Crippen LogP contribution in [0.15, 0.2) is 121 Å². The highest BCUT2D eigenvalue weighted by atomic mass is 16.5. The van der Waals surface area contributed by atoms with Crippen molar-refractivity contribution in [2.45, 2.75) is 6.61 Å². The van der Waals surface area contributed by atoms with Gasteiger partial charge in [-0.3, -0.25) is 9.97 Å². The van der Waals surface area contributed by atoms with Crippen LogP contribution in [-0.2, 0) is 11.3 Å². The van der Waals surface area contributed by atoms with E-state index < -0.39 is 0 Å². The number of benzene rings is 2. The van der Waals surface area contributed by atoms with E-state index >= 15 is 0 Å². The molecular formula is C29H26N4O2. The molecule has 0 unspecified atom stereocenters. The second-order valence-corrected chi connectivity index (χ2v) is 7.68. The Hall–Kier alpha value is -4.71. The molecule has 0 aliphatic rings. The molecule has 0 aliphatic heterocycles. The predicted octanol–water partition coefficient (Wildman–Crippen LogP) is 5.63. The molecular weight excluding hydrogens is 436 g/mol. The Balaban J connectivity index is 1.68. The summed E-state index contributed by atoms with van der Waals surface area (Å²) in [6.07, 6.45) is 6.96. The first kappa shape index (κ1) is 23.4. The molecule has 0 aliphatic carbocycles. The van der Waals surface area contributed by atoms with Crippen LogP contribution < -0.4 is 10.5 Å². The van der Waals surface area contributed by atoms with Crippen molar-refractivity contribution in [3.8, 4) is 16.9 Å². The summed E-state index contributed by atoms with van der Waals surface area (Å²) in [6, 6.07) is 25.2. The molecule has 0 fully saturated rings. The van der Waals surface area contributed by atoms with E-state index in [2.05, 4.69) is 21.5 Å². The number of aromatic nitrogens is 2. The normalized spacial score (nSPS) is 11.7. The van der Waals surface area contributed by atoms with Crippen LogP contribution in [0, 0.1) is 0 Å². The van der Waals surface area contributed by atoms with Crippen molar-refractivity contribution in [2.75, 3.05) is 7.11 Å². The van der Waals surface area contributed by atoms with Gasteiger partial charge in [0, 0.05) is 35.8 Å². The first-order chi connectivity index (χ1) is 17.1. The number of amidine groups is 1. The highest BCUT2D eigenvalue weighted by Gasteiger charge is 2.09. The van der Waals surface area contributed by atoms with E-state index in [9.17, 15) is 0 Å². The Kier molecular flexibility index (Phi) is 7.66. The molecule has 0 radical (unpaired) electrons. The SMILES string of the molecule is C=C(/C=C(\N=C(/N)c1ccccn1)c1cncc(-c2cccc(OC)c2)c1)OCc1ccccc1. The number of pyridine rings is 2. The van der Waals surface area contributed by atoms with Gasteiger partial charge in [-0.05, 0) is 41.5 Å². The minimum atomic E-state index is 0.277. The third-order valence-corrected chi connectivity index (χ3v) is 5.17. The smallest absolute Gasteiger partial charge is 0.150 e. The van der Waals surface area contributed by atoms with Crippen LogP contribution in [0.2, 0.25) is 0 Å². The molecule has 174 valence electrons. The Morgan fingerprint density at radius 2 is 1.80 bits per heavy atom. The molecule has 2 N–H and O–H groups in total. The van der Waals surface area contributed by atoms with E-state index in [1.54, 1.807) is 31.8 Å². The number of methoxy groups -OCH3 is 1. The molecule has 2 aromatic carbocycles. The fourth-order valence-corrected chi connectivity index (χ4v) is 3.37. The predicted molar refractivity (Wildman–Crippen MR) is 140 cm³/mol. The van der Waals surface area contributed by atoms with Crippen LogP contribution in [0.4, 0.5) is 0 Å². The van der Waals surface area contributed by atoms with Crippen molar-refractivity contribution < 1.29 is 9.47 Å².